The monoisotopic (exact) mass is 398 g/mol. The Morgan fingerprint density at radius 3 is 2.93 bits per heavy atom. The van der Waals surface area contributed by atoms with Gasteiger partial charge in [-0.05, 0) is 36.2 Å². The Morgan fingerprint density at radius 1 is 1.14 bits per heavy atom. The molecule has 0 spiro atoms. The first kappa shape index (κ1) is 17.6. The van der Waals surface area contributed by atoms with Crippen LogP contribution in [0.25, 0.3) is 27.1 Å². The van der Waals surface area contributed by atoms with Gasteiger partial charge in [-0.25, -0.2) is 4.98 Å². The molecule has 6 heteroatoms. The van der Waals surface area contributed by atoms with Gasteiger partial charge >= 0.3 is 0 Å². The predicted octanol–water partition coefficient (Wildman–Crippen LogP) is 4.85. The molecule has 0 saturated carbocycles. The number of carbonyl (C=O) groups excluding carboxylic acids is 1. The van der Waals surface area contributed by atoms with Crippen molar-refractivity contribution in [2.45, 2.75) is 13.5 Å². The largest absolute Gasteiger partial charge is 0.347 e. The Kier molecular flexibility index (Phi) is 4.33. The molecule has 0 fully saturated rings. The van der Waals surface area contributed by atoms with E-state index in [-0.39, 0.29) is 5.91 Å². The second kappa shape index (κ2) is 7.14. The summed E-state index contributed by atoms with van der Waals surface area (Å²) < 4.78 is 1.87. The van der Waals surface area contributed by atoms with Gasteiger partial charge in [-0.3, -0.25) is 14.2 Å². The molecule has 0 unspecified atom stereocenters. The zero-order valence-corrected chi connectivity index (χ0v) is 16.6. The number of aromatic nitrogens is 3. The first-order valence-electron chi connectivity index (χ1n) is 9.33. The molecule has 0 saturated heterocycles. The molecule has 3 aromatic heterocycles. The van der Waals surface area contributed by atoms with Gasteiger partial charge in [0.1, 0.15) is 5.69 Å². The summed E-state index contributed by atoms with van der Waals surface area (Å²) in [5.41, 5.74) is 5.71. The van der Waals surface area contributed by atoms with Crippen molar-refractivity contribution in [1.29, 1.82) is 0 Å². The molecule has 5 nitrogen and oxygen atoms in total. The summed E-state index contributed by atoms with van der Waals surface area (Å²) in [6.07, 6.45) is 3.71. The van der Waals surface area contributed by atoms with E-state index in [1.807, 2.05) is 52.4 Å². The summed E-state index contributed by atoms with van der Waals surface area (Å²) >= 11 is 1.47. The van der Waals surface area contributed by atoms with Crippen LogP contribution in [0, 0.1) is 6.92 Å². The molecule has 0 radical (unpaired) electrons. The Labute approximate surface area is 171 Å². The topological polar surface area (TPSA) is 59.3 Å². The Bertz CT molecular complexity index is 1350. The maximum absolute atomic E-state index is 12.8. The fourth-order valence-corrected chi connectivity index (χ4v) is 4.30. The molecule has 0 aliphatic rings. The fraction of sp³-hybridized carbons (Fsp3) is 0.0870. The molecule has 5 aromatic rings. The quantitative estimate of drug-likeness (QED) is 0.471. The standard InChI is InChI=1S/C23H18N4OS/c1-15-5-2-3-7-18(15)20-13-27-21(14-29-23(27)26-20)22(28)25-12-16-8-9-19-17(11-16)6-4-10-24-19/h2-11,13-14H,12H2,1H3,(H,25,28). The predicted molar refractivity (Wildman–Crippen MR) is 116 cm³/mol. The lowest BCUT2D eigenvalue weighted by atomic mass is 10.1. The SMILES string of the molecule is Cc1ccccc1-c1cn2c(C(=O)NCc3ccc4ncccc4c3)csc2n1. The number of imidazole rings is 1. The van der Waals surface area contributed by atoms with Gasteiger partial charge in [0.05, 0.1) is 11.2 Å². The third-order valence-electron chi connectivity index (χ3n) is 4.98. The number of hydrogen-bond acceptors (Lipinski definition) is 4. The summed E-state index contributed by atoms with van der Waals surface area (Å²) in [4.78, 5) is 22.6. The van der Waals surface area contributed by atoms with Crippen LogP contribution in [0.1, 0.15) is 21.6 Å². The van der Waals surface area contributed by atoms with Gasteiger partial charge in [-0.15, -0.1) is 11.3 Å². The van der Waals surface area contributed by atoms with E-state index in [0.29, 0.717) is 12.2 Å². The summed E-state index contributed by atoms with van der Waals surface area (Å²) in [6, 6.07) is 18.1. The van der Waals surface area contributed by atoms with Crippen LogP contribution in [0.4, 0.5) is 0 Å². The van der Waals surface area contributed by atoms with E-state index >= 15 is 0 Å². The second-order valence-corrected chi connectivity index (χ2v) is 7.76. The maximum Gasteiger partial charge on any atom is 0.269 e. The maximum atomic E-state index is 12.8. The van der Waals surface area contributed by atoms with Crippen molar-refractivity contribution >= 4 is 33.1 Å². The molecule has 0 atom stereocenters. The number of rotatable bonds is 4. The van der Waals surface area contributed by atoms with Crippen molar-refractivity contribution in [3.63, 3.8) is 0 Å². The van der Waals surface area contributed by atoms with Crippen molar-refractivity contribution in [3.05, 3.63) is 89.2 Å². The molecule has 0 aliphatic carbocycles. The van der Waals surface area contributed by atoms with Crippen LogP contribution in [0.5, 0.6) is 0 Å². The number of amides is 1. The van der Waals surface area contributed by atoms with Gasteiger partial charge in [0.15, 0.2) is 4.96 Å². The molecule has 29 heavy (non-hydrogen) atoms. The highest BCUT2D eigenvalue weighted by molar-refractivity contribution is 7.15. The third-order valence-corrected chi connectivity index (χ3v) is 5.82. The van der Waals surface area contributed by atoms with E-state index < -0.39 is 0 Å². The number of nitrogens with one attached hydrogen (secondary N) is 1. The van der Waals surface area contributed by atoms with E-state index in [0.717, 1.165) is 38.2 Å². The van der Waals surface area contributed by atoms with Crippen molar-refractivity contribution < 1.29 is 4.79 Å². The summed E-state index contributed by atoms with van der Waals surface area (Å²) in [5, 5.41) is 5.93. The number of hydrogen-bond donors (Lipinski definition) is 1. The van der Waals surface area contributed by atoms with E-state index in [4.69, 9.17) is 4.98 Å². The molecular formula is C23H18N4OS. The number of benzene rings is 2. The number of pyridine rings is 1. The highest BCUT2D eigenvalue weighted by Crippen LogP contribution is 2.26. The van der Waals surface area contributed by atoms with Crippen molar-refractivity contribution in [2.75, 3.05) is 0 Å². The van der Waals surface area contributed by atoms with Gasteiger partial charge in [0.2, 0.25) is 0 Å². The Hall–Kier alpha value is -3.51. The van der Waals surface area contributed by atoms with Crippen LogP contribution in [0.3, 0.4) is 0 Å². The summed E-state index contributed by atoms with van der Waals surface area (Å²) in [5.74, 6) is -0.115. The molecule has 2 aromatic carbocycles. The number of nitrogens with zero attached hydrogens (tertiary/aromatic N) is 3. The molecule has 5 rings (SSSR count). The summed E-state index contributed by atoms with van der Waals surface area (Å²) in [7, 11) is 0. The lowest BCUT2D eigenvalue weighted by Gasteiger charge is -2.06. The van der Waals surface area contributed by atoms with Gasteiger partial charge in [-0.1, -0.05) is 36.4 Å². The minimum atomic E-state index is -0.115. The van der Waals surface area contributed by atoms with Crippen LogP contribution in [0.2, 0.25) is 0 Å². The van der Waals surface area contributed by atoms with Crippen molar-refractivity contribution in [2.24, 2.45) is 0 Å². The van der Waals surface area contributed by atoms with Gasteiger partial charge < -0.3 is 5.32 Å². The average Bonchev–Trinajstić information content (AvgIpc) is 3.33. The third kappa shape index (κ3) is 3.28. The van der Waals surface area contributed by atoms with Crippen LogP contribution >= 0.6 is 11.3 Å². The lowest BCUT2D eigenvalue weighted by molar-refractivity contribution is 0.0945. The van der Waals surface area contributed by atoms with E-state index in [2.05, 4.69) is 35.4 Å². The van der Waals surface area contributed by atoms with E-state index in [1.54, 1.807) is 6.20 Å². The first-order chi connectivity index (χ1) is 14.2. The van der Waals surface area contributed by atoms with Crippen LogP contribution in [-0.2, 0) is 6.54 Å². The molecule has 142 valence electrons. The van der Waals surface area contributed by atoms with Crippen LogP contribution in [-0.4, -0.2) is 20.3 Å². The zero-order valence-electron chi connectivity index (χ0n) is 15.8. The Morgan fingerprint density at radius 2 is 2.03 bits per heavy atom. The zero-order chi connectivity index (χ0) is 19.8. The Balaban J connectivity index is 1.38. The van der Waals surface area contributed by atoms with Gasteiger partial charge in [-0.2, -0.15) is 0 Å². The first-order valence-corrected chi connectivity index (χ1v) is 10.2. The minimum Gasteiger partial charge on any atom is -0.347 e. The molecular weight excluding hydrogens is 380 g/mol. The number of carbonyl (C=O) groups is 1. The number of thiazole rings is 1. The fourth-order valence-electron chi connectivity index (χ4n) is 3.45. The van der Waals surface area contributed by atoms with Crippen LogP contribution < -0.4 is 5.32 Å². The molecule has 1 amide bonds. The van der Waals surface area contributed by atoms with Crippen LogP contribution in [0.15, 0.2) is 72.4 Å². The highest BCUT2D eigenvalue weighted by atomic mass is 32.1. The smallest absolute Gasteiger partial charge is 0.269 e. The number of fused-ring (bicyclic) bond motifs is 2. The average molecular weight is 398 g/mol. The normalized spacial score (nSPS) is 11.2. The summed E-state index contributed by atoms with van der Waals surface area (Å²) in [6.45, 7) is 2.52. The van der Waals surface area contributed by atoms with Crippen molar-refractivity contribution in [3.8, 4) is 11.3 Å². The van der Waals surface area contributed by atoms with Gasteiger partial charge in [0, 0.05) is 35.3 Å². The molecule has 3 heterocycles. The minimum absolute atomic E-state index is 0.115. The molecule has 0 bridgehead atoms. The van der Waals surface area contributed by atoms with Crippen molar-refractivity contribution in [1.82, 2.24) is 19.7 Å². The lowest BCUT2D eigenvalue weighted by Crippen LogP contribution is -2.23. The molecule has 1 N–H and O–H groups in total. The number of aryl methyl sites for hydroxylation is 1. The molecule has 0 aliphatic heterocycles. The second-order valence-electron chi connectivity index (χ2n) is 6.93. The highest BCUT2D eigenvalue weighted by Gasteiger charge is 2.15. The van der Waals surface area contributed by atoms with Gasteiger partial charge in [0.25, 0.3) is 5.91 Å². The van der Waals surface area contributed by atoms with E-state index in [9.17, 15) is 4.79 Å². The van der Waals surface area contributed by atoms with E-state index in [1.165, 1.54) is 11.3 Å².